The molecule has 13 nitrogen and oxygen atoms in total. The van der Waals surface area contributed by atoms with Gasteiger partial charge in [0.05, 0.1) is 44.2 Å². The molecule has 5 aromatic carbocycles. The van der Waals surface area contributed by atoms with E-state index in [1.807, 2.05) is 91.0 Å². The van der Waals surface area contributed by atoms with Crippen molar-refractivity contribution in [2.45, 2.75) is 81.2 Å². The minimum Gasteiger partial charge on any atom is -0.452 e. The van der Waals surface area contributed by atoms with E-state index in [4.69, 9.17) is 42.6 Å². The molecule has 2 aliphatic heterocycles. The Balaban J connectivity index is 1.12. The van der Waals surface area contributed by atoms with Crippen LogP contribution in [0.3, 0.4) is 0 Å². The van der Waals surface area contributed by atoms with E-state index in [0.29, 0.717) is 0 Å². The second kappa shape index (κ2) is 22.0. The Bertz CT molecular complexity index is 2060. The third kappa shape index (κ3) is 11.7. The number of esters is 2. The maximum Gasteiger partial charge on any atom is 0.338 e. The quantitative estimate of drug-likeness (QED) is 0.104. The summed E-state index contributed by atoms with van der Waals surface area (Å²) in [6.07, 6.45) is -12.3. The number of carbonyl (C=O) groups is 2. The van der Waals surface area contributed by atoms with Gasteiger partial charge in [0.1, 0.15) is 36.6 Å². The van der Waals surface area contributed by atoms with Gasteiger partial charge < -0.3 is 52.8 Å². The van der Waals surface area contributed by atoms with Crippen LogP contribution in [-0.2, 0) is 62.5 Å². The van der Waals surface area contributed by atoms with Crippen molar-refractivity contribution in [3.05, 3.63) is 179 Å². The van der Waals surface area contributed by atoms with E-state index in [-0.39, 0.29) is 44.2 Å². The number of aliphatic hydroxyl groups excluding tert-OH is 2. The highest BCUT2D eigenvalue weighted by atomic mass is 16.7. The second-order valence-electron chi connectivity index (χ2n) is 14.6. The topological polar surface area (TPSA) is 158 Å². The Hall–Kier alpha value is -5.32. The molecule has 2 heterocycles. The van der Waals surface area contributed by atoms with Gasteiger partial charge >= 0.3 is 11.9 Å². The average Bonchev–Trinajstić information content (AvgIpc) is 3.31. The van der Waals surface area contributed by atoms with Crippen LogP contribution in [0.25, 0.3) is 0 Å². The number of hydrogen-bond donors (Lipinski definition) is 2. The van der Waals surface area contributed by atoms with Crippen LogP contribution in [0.4, 0.5) is 0 Å². The Labute approximate surface area is 354 Å². The van der Waals surface area contributed by atoms with Crippen LogP contribution >= 0.6 is 0 Å². The van der Waals surface area contributed by atoms with Crippen LogP contribution in [0, 0.1) is 0 Å². The first-order valence-electron chi connectivity index (χ1n) is 20.1. The molecule has 10 atom stereocenters. The van der Waals surface area contributed by atoms with Gasteiger partial charge in [-0.2, -0.15) is 0 Å². The van der Waals surface area contributed by atoms with E-state index in [1.165, 1.54) is 7.11 Å². The third-order valence-electron chi connectivity index (χ3n) is 10.4. The predicted molar refractivity (Wildman–Crippen MR) is 220 cm³/mol. The molecule has 0 unspecified atom stereocenters. The number of carbonyl (C=O) groups excluding carboxylic acids is 2. The van der Waals surface area contributed by atoms with Crippen LogP contribution in [0.15, 0.2) is 152 Å². The zero-order chi connectivity index (χ0) is 42.4. The van der Waals surface area contributed by atoms with E-state index in [2.05, 4.69) is 0 Å². The van der Waals surface area contributed by atoms with Crippen LogP contribution in [0.2, 0.25) is 0 Å². The first-order chi connectivity index (χ1) is 29.9. The summed E-state index contributed by atoms with van der Waals surface area (Å²) in [5.74, 6) is -1.52. The van der Waals surface area contributed by atoms with Crippen LogP contribution in [0.1, 0.15) is 37.4 Å². The molecule has 2 fully saturated rings. The zero-order valence-corrected chi connectivity index (χ0v) is 33.6. The molecular weight excluding hydrogens is 785 g/mol. The van der Waals surface area contributed by atoms with Gasteiger partial charge in [0, 0.05) is 7.11 Å². The molecule has 0 aliphatic carbocycles. The summed E-state index contributed by atoms with van der Waals surface area (Å²) in [7, 11) is 1.33. The van der Waals surface area contributed by atoms with Gasteiger partial charge in [-0.15, -0.1) is 0 Å². The molecule has 2 N–H and O–H groups in total. The highest BCUT2D eigenvalue weighted by molar-refractivity contribution is 5.90. The van der Waals surface area contributed by atoms with Gasteiger partial charge in [0.25, 0.3) is 0 Å². The van der Waals surface area contributed by atoms with E-state index in [0.717, 1.165) is 16.7 Å². The number of aliphatic hydroxyl groups is 2. The van der Waals surface area contributed by atoms with Crippen molar-refractivity contribution in [3.8, 4) is 0 Å². The minimum absolute atomic E-state index is 0.0480. The fraction of sp³-hybridized carbons (Fsp3) is 0.333. The Morgan fingerprint density at radius 2 is 0.918 bits per heavy atom. The van der Waals surface area contributed by atoms with E-state index in [1.54, 1.807) is 60.7 Å². The molecule has 2 saturated heterocycles. The number of hydrogen-bond acceptors (Lipinski definition) is 13. The van der Waals surface area contributed by atoms with Crippen molar-refractivity contribution in [2.75, 3.05) is 20.3 Å². The summed E-state index contributed by atoms with van der Waals surface area (Å²) in [4.78, 5) is 26.7. The monoisotopic (exact) mass is 834 g/mol. The van der Waals surface area contributed by atoms with Crippen molar-refractivity contribution in [1.29, 1.82) is 0 Å². The maximum absolute atomic E-state index is 13.4. The number of methoxy groups -OCH3 is 1. The molecule has 61 heavy (non-hydrogen) atoms. The van der Waals surface area contributed by atoms with Crippen molar-refractivity contribution in [1.82, 2.24) is 0 Å². The first-order valence-corrected chi connectivity index (χ1v) is 20.1. The van der Waals surface area contributed by atoms with Gasteiger partial charge in [0.15, 0.2) is 24.8 Å². The smallest absolute Gasteiger partial charge is 0.338 e. The summed E-state index contributed by atoms with van der Waals surface area (Å²) < 4.78 is 55.3. The average molecular weight is 835 g/mol. The molecule has 2 aliphatic rings. The fourth-order valence-corrected chi connectivity index (χ4v) is 7.16. The van der Waals surface area contributed by atoms with Crippen molar-refractivity contribution >= 4 is 11.9 Å². The standard InChI is InChI=1S/C48H50O13/c1-53-48-44(61-46(52)36-25-15-6-16-26-36)43(60-45(51)35-23-13-5-14-24-35)39(49)37(58-48)31-57-47-40(50)42(56-29-34-21-11-4-12-22-34)41(55-28-33-19-9-3-10-20-33)38(59-47)30-54-27-32-17-7-2-8-18-32/h2-26,37-44,47-50H,27-31H2,1H3/t37-,38-,39+,40-,41-,42-,43+,44-,47+,48-/m1/s1. The molecular formula is C48H50O13. The fourth-order valence-electron chi connectivity index (χ4n) is 7.16. The second-order valence-corrected chi connectivity index (χ2v) is 14.6. The largest absolute Gasteiger partial charge is 0.452 e. The van der Waals surface area contributed by atoms with Crippen LogP contribution in [-0.4, -0.2) is 104 Å². The molecule has 0 aromatic heterocycles. The normalized spacial score (nSPS) is 26.3. The molecule has 5 aromatic rings. The van der Waals surface area contributed by atoms with Gasteiger partial charge in [-0.25, -0.2) is 9.59 Å². The third-order valence-corrected chi connectivity index (χ3v) is 10.4. The van der Waals surface area contributed by atoms with Crippen LogP contribution in [0.5, 0.6) is 0 Å². The number of rotatable bonds is 18. The minimum atomic E-state index is -1.61. The molecule has 0 radical (unpaired) electrons. The van der Waals surface area contributed by atoms with E-state index >= 15 is 0 Å². The zero-order valence-electron chi connectivity index (χ0n) is 33.6. The maximum atomic E-state index is 13.4. The molecule has 7 rings (SSSR count). The predicted octanol–water partition coefficient (Wildman–Crippen LogP) is 5.66. The van der Waals surface area contributed by atoms with E-state index in [9.17, 15) is 19.8 Å². The lowest BCUT2D eigenvalue weighted by atomic mass is 9.97. The Morgan fingerprint density at radius 3 is 1.43 bits per heavy atom. The molecule has 0 spiro atoms. The summed E-state index contributed by atoms with van der Waals surface area (Å²) in [6.45, 7) is 0.296. The lowest BCUT2D eigenvalue weighted by Gasteiger charge is -2.45. The van der Waals surface area contributed by atoms with Gasteiger partial charge in [-0.1, -0.05) is 127 Å². The molecule has 0 saturated carbocycles. The summed E-state index contributed by atoms with van der Waals surface area (Å²) in [5, 5.41) is 23.8. The highest BCUT2D eigenvalue weighted by Gasteiger charge is 2.52. The molecule has 320 valence electrons. The Morgan fingerprint density at radius 1 is 0.475 bits per heavy atom. The van der Waals surface area contributed by atoms with Crippen LogP contribution < -0.4 is 0 Å². The number of ether oxygens (including phenoxy) is 9. The summed E-state index contributed by atoms with van der Waals surface area (Å²) in [5.41, 5.74) is 3.18. The highest BCUT2D eigenvalue weighted by Crippen LogP contribution is 2.32. The lowest BCUT2D eigenvalue weighted by molar-refractivity contribution is -0.337. The summed E-state index contributed by atoms with van der Waals surface area (Å²) in [6, 6.07) is 45.3. The van der Waals surface area contributed by atoms with Crippen molar-refractivity contribution in [2.24, 2.45) is 0 Å². The number of benzene rings is 5. The van der Waals surface area contributed by atoms with Gasteiger partial charge in [0.2, 0.25) is 0 Å². The lowest BCUT2D eigenvalue weighted by Crippen LogP contribution is -2.63. The van der Waals surface area contributed by atoms with Gasteiger partial charge in [-0.3, -0.25) is 0 Å². The SMILES string of the molecule is CO[C@@H]1O[C@H](CO[C@H]2O[C@H](COCc3ccccc3)[C@@H](OCc3ccccc3)[C@H](OCc3ccccc3)[C@H]2O)[C@H](O)[C@H](OC(=O)c2ccccc2)[C@H]1OC(=O)c1ccccc1. The summed E-state index contributed by atoms with van der Waals surface area (Å²) >= 11 is 0. The first kappa shape index (κ1) is 43.8. The molecule has 13 heteroatoms. The molecule has 0 bridgehead atoms. The van der Waals surface area contributed by atoms with Crippen molar-refractivity contribution < 1.29 is 62.4 Å². The Kier molecular flexibility index (Phi) is 15.8. The van der Waals surface area contributed by atoms with E-state index < -0.39 is 73.4 Å². The van der Waals surface area contributed by atoms with Gasteiger partial charge in [-0.05, 0) is 41.0 Å². The van der Waals surface area contributed by atoms with Crippen molar-refractivity contribution in [3.63, 3.8) is 0 Å². The molecule has 0 amide bonds.